The molecule has 1 radical (unpaired) electrons. The van der Waals surface area contributed by atoms with Gasteiger partial charge in [-0.25, -0.2) is 0 Å². The van der Waals surface area contributed by atoms with Gasteiger partial charge >= 0.3 is 0 Å². The average Bonchev–Trinajstić information content (AvgIpc) is 2.40. The van der Waals surface area contributed by atoms with Gasteiger partial charge in [0.1, 0.15) is 0 Å². The van der Waals surface area contributed by atoms with Crippen molar-refractivity contribution in [3.8, 4) is 0 Å². The molecule has 2 heteroatoms. The minimum atomic E-state index is 0.157. The summed E-state index contributed by atoms with van der Waals surface area (Å²) >= 11 is 0. The van der Waals surface area contributed by atoms with Gasteiger partial charge < -0.3 is 10.6 Å². The van der Waals surface area contributed by atoms with Crippen LogP contribution in [0.2, 0.25) is 0 Å². The first kappa shape index (κ1) is 13.6. The summed E-state index contributed by atoms with van der Waals surface area (Å²) in [5, 5.41) is 0. The number of benzene rings is 2. The van der Waals surface area contributed by atoms with Gasteiger partial charge in [-0.15, -0.1) is 0 Å². The van der Waals surface area contributed by atoms with Crippen molar-refractivity contribution in [1.29, 1.82) is 0 Å². The van der Waals surface area contributed by atoms with Crippen LogP contribution in [-0.2, 0) is 0 Å². The maximum absolute atomic E-state index is 5.92. The summed E-state index contributed by atoms with van der Waals surface area (Å²) in [6.07, 6.45) is 0. The largest absolute Gasteiger partial charge is 0.399 e. The third-order valence-corrected chi connectivity index (χ3v) is 3.48. The van der Waals surface area contributed by atoms with Crippen molar-refractivity contribution in [3.05, 3.63) is 72.6 Å². The molecule has 0 aliphatic carbocycles. The molecular formula is C17H21N2. The van der Waals surface area contributed by atoms with Crippen molar-refractivity contribution in [2.24, 2.45) is 0 Å². The number of rotatable bonds is 4. The van der Waals surface area contributed by atoms with Crippen molar-refractivity contribution in [2.75, 3.05) is 19.8 Å². The van der Waals surface area contributed by atoms with Gasteiger partial charge in [0.2, 0.25) is 0 Å². The third kappa shape index (κ3) is 3.15. The molecule has 0 bridgehead atoms. The highest BCUT2D eigenvalue weighted by atomic mass is 15.1. The molecule has 0 heterocycles. The van der Waals surface area contributed by atoms with Crippen LogP contribution < -0.4 is 5.73 Å². The van der Waals surface area contributed by atoms with Gasteiger partial charge in [0.25, 0.3) is 0 Å². The number of likely N-dealkylation sites (N-methyl/N-ethyl adjacent to an activating group) is 1. The van der Waals surface area contributed by atoms with Crippen molar-refractivity contribution in [1.82, 2.24) is 4.90 Å². The van der Waals surface area contributed by atoms with Crippen molar-refractivity contribution >= 4 is 5.69 Å². The summed E-state index contributed by atoms with van der Waals surface area (Å²) in [6, 6.07) is 18.7. The van der Waals surface area contributed by atoms with Gasteiger partial charge in [-0.05, 0) is 44.3 Å². The molecule has 2 unspecified atom stereocenters. The molecule has 0 aliphatic rings. The standard InChI is InChI=1S/C17H21N2/c1-13(19(2)3)17(14-8-5-4-6-9-14)15-10-7-11-16(18)12-15/h4-13,17H,1,18H2,2-3H3. The first-order valence-corrected chi connectivity index (χ1v) is 6.49. The van der Waals surface area contributed by atoms with Crippen LogP contribution in [0.3, 0.4) is 0 Å². The lowest BCUT2D eigenvalue weighted by atomic mass is 9.85. The highest BCUT2D eigenvalue weighted by molar-refractivity contribution is 5.45. The maximum atomic E-state index is 5.92. The molecule has 99 valence electrons. The van der Waals surface area contributed by atoms with Gasteiger partial charge in [0, 0.05) is 17.6 Å². The van der Waals surface area contributed by atoms with Crippen LogP contribution in [0, 0.1) is 6.92 Å². The molecule has 2 aromatic rings. The first-order chi connectivity index (χ1) is 9.09. The Balaban J connectivity index is 2.46. The number of anilines is 1. The highest BCUT2D eigenvalue weighted by Crippen LogP contribution is 2.30. The summed E-state index contributed by atoms with van der Waals surface area (Å²) in [4.78, 5) is 2.14. The van der Waals surface area contributed by atoms with Crippen LogP contribution in [-0.4, -0.2) is 25.0 Å². The molecule has 2 aromatic carbocycles. The van der Waals surface area contributed by atoms with Crippen LogP contribution in [0.25, 0.3) is 0 Å². The molecule has 0 aromatic heterocycles. The first-order valence-electron chi connectivity index (χ1n) is 6.49. The summed E-state index contributed by atoms with van der Waals surface area (Å²) in [5.41, 5.74) is 9.19. The monoisotopic (exact) mass is 253 g/mol. The third-order valence-electron chi connectivity index (χ3n) is 3.48. The van der Waals surface area contributed by atoms with E-state index in [1.165, 1.54) is 11.1 Å². The zero-order chi connectivity index (χ0) is 13.8. The van der Waals surface area contributed by atoms with Gasteiger partial charge in [0.15, 0.2) is 0 Å². The Hall–Kier alpha value is -1.80. The van der Waals surface area contributed by atoms with E-state index in [4.69, 9.17) is 5.73 Å². The molecule has 2 N–H and O–H groups in total. The van der Waals surface area contributed by atoms with Gasteiger partial charge in [-0.1, -0.05) is 42.5 Å². The van der Waals surface area contributed by atoms with E-state index in [-0.39, 0.29) is 12.0 Å². The van der Waals surface area contributed by atoms with Crippen molar-refractivity contribution < 1.29 is 0 Å². The zero-order valence-corrected chi connectivity index (χ0v) is 11.6. The second-order valence-corrected chi connectivity index (χ2v) is 5.09. The molecule has 0 fully saturated rings. The van der Waals surface area contributed by atoms with Crippen LogP contribution in [0.1, 0.15) is 17.0 Å². The Morgan fingerprint density at radius 3 is 2.16 bits per heavy atom. The molecule has 0 saturated carbocycles. The van der Waals surface area contributed by atoms with Crippen LogP contribution >= 0.6 is 0 Å². The molecule has 2 rings (SSSR count). The van der Waals surface area contributed by atoms with Crippen LogP contribution in [0.5, 0.6) is 0 Å². The van der Waals surface area contributed by atoms with E-state index in [1.54, 1.807) is 0 Å². The molecule has 0 saturated heterocycles. The summed E-state index contributed by atoms with van der Waals surface area (Å²) in [6.45, 7) is 4.31. The predicted molar refractivity (Wildman–Crippen MR) is 82.0 cm³/mol. The summed E-state index contributed by atoms with van der Waals surface area (Å²) < 4.78 is 0. The van der Waals surface area contributed by atoms with Gasteiger partial charge in [0.05, 0.1) is 0 Å². The van der Waals surface area contributed by atoms with Crippen LogP contribution in [0.4, 0.5) is 5.69 Å². The zero-order valence-electron chi connectivity index (χ0n) is 11.6. The van der Waals surface area contributed by atoms with E-state index in [0.29, 0.717) is 0 Å². The van der Waals surface area contributed by atoms with Gasteiger partial charge in [-0.2, -0.15) is 0 Å². The molecule has 0 aliphatic heterocycles. The number of hydrogen-bond acceptors (Lipinski definition) is 2. The Morgan fingerprint density at radius 1 is 0.947 bits per heavy atom. The van der Waals surface area contributed by atoms with E-state index in [1.807, 2.05) is 24.3 Å². The van der Waals surface area contributed by atoms with E-state index in [9.17, 15) is 0 Å². The van der Waals surface area contributed by atoms with E-state index < -0.39 is 0 Å². The summed E-state index contributed by atoms with van der Waals surface area (Å²) in [5.74, 6) is 0.222. The topological polar surface area (TPSA) is 29.3 Å². The number of nitrogen functional groups attached to an aromatic ring is 1. The van der Waals surface area contributed by atoms with E-state index >= 15 is 0 Å². The minimum absolute atomic E-state index is 0.157. The number of hydrogen-bond donors (Lipinski definition) is 1. The Bertz CT molecular complexity index is 520. The lowest BCUT2D eigenvalue weighted by molar-refractivity contribution is 0.316. The predicted octanol–water partition coefficient (Wildman–Crippen LogP) is 3.16. The number of nitrogens with two attached hydrogens (primary N) is 1. The Morgan fingerprint density at radius 2 is 1.58 bits per heavy atom. The normalized spacial score (nSPS) is 14.3. The van der Waals surface area contributed by atoms with E-state index in [0.717, 1.165) is 5.69 Å². The lowest BCUT2D eigenvalue weighted by Gasteiger charge is -2.30. The average molecular weight is 253 g/mol. The van der Waals surface area contributed by atoms with Crippen molar-refractivity contribution in [2.45, 2.75) is 12.0 Å². The fourth-order valence-corrected chi connectivity index (χ4v) is 2.35. The molecular weight excluding hydrogens is 232 g/mol. The second kappa shape index (κ2) is 5.89. The highest BCUT2D eigenvalue weighted by Gasteiger charge is 2.22. The van der Waals surface area contributed by atoms with Crippen molar-refractivity contribution in [3.63, 3.8) is 0 Å². The van der Waals surface area contributed by atoms with Crippen LogP contribution in [0.15, 0.2) is 54.6 Å². The van der Waals surface area contributed by atoms with Gasteiger partial charge in [-0.3, -0.25) is 0 Å². The minimum Gasteiger partial charge on any atom is -0.399 e. The van der Waals surface area contributed by atoms with E-state index in [2.05, 4.69) is 56.3 Å². The Labute approximate surface area is 115 Å². The molecule has 2 nitrogen and oxygen atoms in total. The molecule has 19 heavy (non-hydrogen) atoms. The fraction of sp³-hybridized carbons (Fsp3) is 0.235. The summed E-state index contributed by atoms with van der Waals surface area (Å²) in [7, 11) is 4.11. The smallest absolute Gasteiger partial charge is 0.0316 e. The molecule has 2 atom stereocenters. The number of nitrogens with zero attached hydrogens (tertiary/aromatic N) is 1. The quantitative estimate of drug-likeness (QED) is 0.848. The maximum Gasteiger partial charge on any atom is 0.0316 e. The Kier molecular flexibility index (Phi) is 4.23. The SMILES string of the molecule is [CH2]C(C(c1ccccc1)c1cccc(N)c1)N(C)C. The molecule has 0 spiro atoms. The second-order valence-electron chi connectivity index (χ2n) is 5.09. The lowest BCUT2D eigenvalue weighted by Crippen LogP contribution is -2.32. The molecule has 0 amide bonds. The fourth-order valence-electron chi connectivity index (χ4n) is 2.35.